The van der Waals surface area contributed by atoms with Crippen molar-refractivity contribution in [3.63, 3.8) is 0 Å². The second-order valence-electron chi connectivity index (χ2n) is 3.66. The molecule has 0 aliphatic rings. The minimum atomic E-state index is -0.391. The number of nitrogens with one attached hydrogen (secondary N) is 1. The SMILES string of the molecule is CC(N)CC(C=N)C=Nc1ccc(F)cn1. The van der Waals surface area contributed by atoms with Crippen LogP contribution < -0.4 is 5.73 Å². The van der Waals surface area contributed by atoms with Gasteiger partial charge in [0, 0.05) is 24.4 Å². The third-order valence-corrected chi connectivity index (χ3v) is 1.97. The zero-order chi connectivity index (χ0) is 12.0. The van der Waals surface area contributed by atoms with Gasteiger partial charge in [-0.25, -0.2) is 14.4 Å². The van der Waals surface area contributed by atoms with E-state index in [1.165, 1.54) is 18.3 Å². The Labute approximate surface area is 93.9 Å². The maximum Gasteiger partial charge on any atom is 0.151 e. The molecule has 1 heterocycles. The van der Waals surface area contributed by atoms with Crippen molar-refractivity contribution in [3.8, 4) is 0 Å². The number of pyridine rings is 1. The number of aromatic nitrogens is 1. The number of aliphatic imine (C=N–C) groups is 1. The number of halogens is 1. The molecule has 0 spiro atoms. The summed E-state index contributed by atoms with van der Waals surface area (Å²) in [5, 5.41) is 7.20. The average Bonchev–Trinajstić information content (AvgIpc) is 2.26. The fraction of sp³-hybridized carbons (Fsp3) is 0.364. The molecular formula is C11H15FN4. The van der Waals surface area contributed by atoms with Gasteiger partial charge in [-0.2, -0.15) is 0 Å². The molecule has 86 valence electrons. The summed E-state index contributed by atoms with van der Waals surface area (Å²) in [4.78, 5) is 7.85. The largest absolute Gasteiger partial charge is 0.328 e. The van der Waals surface area contributed by atoms with Crippen LogP contribution in [-0.4, -0.2) is 23.5 Å². The van der Waals surface area contributed by atoms with Crippen molar-refractivity contribution >= 4 is 18.2 Å². The number of nitrogens with two attached hydrogens (primary N) is 1. The normalized spacial score (nSPS) is 14.9. The number of hydrogen-bond donors (Lipinski definition) is 2. The molecule has 5 heteroatoms. The summed E-state index contributed by atoms with van der Waals surface area (Å²) >= 11 is 0. The van der Waals surface area contributed by atoms with Gasteiger partial charge in [-0.15, -0.1) is 0 Å². The summed E-state index contributed by atoms with van der Waals surface area (Å²) < 4.78 is 12.6. The molecule has 3 N–H and O–H groups in total. The fourth-order valence-electron chi connectivity index (χ4n) is 1.22. The van der Waals surface area contributed by atoms with Gasteiger partial charge in [0.2, 0.25) is 0 Å². The molecule has 1 rings (SSSR count). The Morgan fingerprint density at radius 1 is 1.62 bits per heavy atom. The highest BCUT2D eigenvalue weighted by Crippen LogP contribution is 2.08. The van der Waals surface area contributed by atoms with Crippen LogP contribution >= 0.6 is 0 Å². The Kier molecular flexibility index (Phi) is 4.72. The van der Waals surface area contributed by atoms with Crippen LogP contribution in [0.1, 0.15) is 13.3 Å². The van der Waals surface area contributed by atoms with Crippen molar-refractivity contribution in [1.29, 1.82) is 5.41 Å². The quantitative estimate of drug-likeness (QED) is 0.747. The van der Waals surface area contributed by atoms with Crippen LogP contribution in [0.25, 0.3) is 0 Å². The first-order chi connectivity index (χ1) is 7.61. The summed E-state index contributed by atoms with van der Waals surface area (Å²) in [6.45, 7) is 1.88. The van der Waals surface area contributed by atoms with Crippen molar-refractivity contribution in [2.45, 2.75) is 19.4 Å². The summed E-state index contributed by atoms with van der Waals surface area (Å²) in [7, 11) is 0. The smallest absolute Gasteiger partial charge is 0.151 e. The van der Waals surface area contributed by atoms with Gasteiger partial charge in [-0.1, -0.05) is 0 Å². The predicted molar refractivity (Wildman–Crippen MR) is 62.9 cm³/mol. The van der Waals surface area contributed by atoms with E-state index in [0.29, 0.717) is 12.2 Å². The molecular weight excluding hydrogens is 207 g/mol. The zero-order valence-corrected chi connectivity index (χ0v) is 9.10. The molecule has 0 aromatic carbocycles. The Hall–Kier alpha value is -1.62. The Balaban J connectivity index is 2.63. The van der Waals surface area contributed by atoms with Crippen LogP contribution in [0.5, 0.6) is 0 Å². The number of nitrogens with zero attached hydrogens (tertiary/aromatic N) is 2. The average molecular weight is 222 g/mol. The lowest BCUT2D eigenvalue weighted by Crippen LogP contribution is -2.20. The van der Waals surface area contributed by atoms with Crippen molar-refractivity contribution in [2.75, 3.05) is 0 Å². The summed E-state index contributed by atoms with van der Waals surface area (Å²) in [5.41, 5.74) is 5.63. The van der Waals surface area contributed by atoms with Gasteiger partial charge in [0.15, 0.2) is 5.82 Å². The lowest BCUT2D eigenvalue weighted by Gasteiger charge is -2.08. The van der Waals surface area contributed by atoms with E-state index >= 15 is 0 Å². The molecule has 16 heavy (non-hydrogen) atoms. The lowest BCUT2D eigenvalue weighted by molar-refractivity contribution is 0.621. The van der Waals surface area contributed by atoms with E-state index in [4.69, 9.17) is 11.1 Å². The van der Waals surface area contributed by atoms with Crippen LogP contribution in [-0.2, 0) is 0 Å². The van der Waals surface area contributed by atoms with E-state index in [9.17, 15) is 4.39 Å². The molecule has 1 aromatic rings. The highest BCUT2D eigenvalue weighted by molar-refractivity contribution is 5.83. The van der Waals surface area contributed by atoms with Crippen LogP contribution in [0.3, 0.4) is 0 Å². The second-order valence-corrected chi connectivity index (χ2v) is 3.66. The topological polar surface area (TPSA) is 75.1 Å². The summed E-state index contributed by atoms with van der Waals surface area (Å²) in [6.07, 6.45) is 4.67. The minimum absolute atomic E-state index is 0.0132. The van der Waals surface area contributed by atoms with E-state index in [2.05, 4.69) is 9.98 Å². The van der Waals surface area contributed by atoms with Crippen molar-refractivity contribution < 1.29 is 4.39 Å². The maximum atomic E-state index is 12.6. The van der Waals surface area contributed by atoms with Gasteiger partial charge in [0.25, 0.3) is 0 Å². The van der Waals surface area contributed by atoms with Crippen molar-refractivity contribution in [2.24, 2.45) is 16.6 Å². The summed E-state index contributed by atoms with van der Waals surface area (Å²) in [5.74, 6) is -0.0667. The van der Waals surface area contributed by atoms with E-state index in [0.717, 1.165) is 6.20 Å². The second kappa shape index (κ2) is 6.07. The third-order valence-electron chi connectivity index (χ3n) is 1.97. The Morgan fingerprint density at radius 2 is 2.38 bits per heavy atom. The zero-order valence-electron chi connectivity index (χ0n) is 9.10. The molecule has 1 aromatic heterocycles. The Morgan fingerprint density at radius 3 is 2.88 bits per heavy atom. The summed E-state index contributed by atoms with van der Waals surface area (Å²) in [6, 6.07) is 2.79. The van der Waals surface area contributed by atoms with Gasteiger partial charge in [0.05, 0.1) is 6.20 Å². The Bertz CT molecular complexity index is 359. The monoisotopic (exact) mass is 222 g/mol. The van der Waals surface area contributed by atoms with Gasteiger partial charge in [0.1, 0.15) is 5.82 Å². The predicted octanol–water partition coefficient (Wildman–Crippen LogP) is 1.93. The molecule has 0 saturated heterocycles. The first kappa shape index (κ1) is 12.4. The molecule has 0 aliphatic carbocycles. The highest BCUT2D eigenvalue weighted by Gasteiger charge is 2.04. The van der Waals surface area contributed by atoms with Gasteiger partial charge in [-0.05, 0) is 25.5 Å². The molecule has 2 atom stereocenters. The molecule has 0 saturated carbocycles. The van der Waals surface area contributed by atoms with Gasteiger partial charge >= 0.3 is 0 Å². The molecule has 0 fully saturated rings. The molecule has 0 bridgehead atoms. The van der Waals surface area contributed by atoms with Crippen LogP contribution in [0, 0.1) is 17.1 Å². The van der Waals surface area contributed by atoms with Gasteiger partial charge < -0.3 is 11.1 Å². The first-order valence-corrected chi connectivity index (χ1v) is 5.03. The van der Waals surface area contributed by atoms with Gasteiger partial charge in [-0.3, -0.25) is 0 Å². The highest BCUT2D eigenvalue weighted by atomic mass is 19.1. The van der Waals surface area contributed by atoms with E-state index in [-0.39, 0.29) is 12.0 Å². The molecule has 0 radical (unpaired) electrons. The van der Waals surface area contributed by atoms with Crippen molar-refractivity contribution in [3.05, 3.63) is 24.1 Å². The molecule has 0 aliphatic heterocycles. The minimum Gasteiger partial charge on any atom is -0.328 e. The molecule has 0 amide bonds. The molecule has 4 nitrogen and oxygen atoms in total. The van der Waals surface area contributed by atoms with Crippen LogP contribution in [0.4, 0.5) is 10.2 Å². The van der Waals surface area contributed by atoms with E-state index in [1.807, 2.05) is 6.92 Å². The van der Waals surface area contributed by atoms with Crippen molar-refractivity contribution in [1.82, 2.24) is 4.98 Å². The maximum absolute atomic E-state index is 12.6. The molecule has 2 unspecified atom stereocenters. The van der Waals surface area contributed by atoms with Crippen LogP contribution in [0.15, 0.2) is 23.3 Å². The van der Waals surface area contributed by atoms with E-state index < -0.39 is 5.82 Å². The third kappa shape index (κ3) is 4.27. The first-order valence-electron chi connectivity index (χ1n) is 5.03. The van der Waals surface area contributed by atoms with E-state index in [1.54, 1.807) is 6.21 Å². The lowest BCUT2D eigenvalue weighted by atomic mass is 10.0. The standard InChI is InChI=1S/C11H15FN4/c1-8(14)4-9(5-13)6-15-11-3-2-10(12)7-16-11/h2-3,5-9,13H,4,14H2,1H3. The number of hydrogen-bond acceptors (Lipinski definition) is 4. The van der Waals surface area contributed by atoms with Crippen LogP contribution in [0.2, 0.25) is 0 Å². The fourth-order valence-corrected chi connectivity index (χ4v) is 1.22. The number of rotatable bonds is 5.